The number of nitrogens with one attached hydrogen (secondary N) is 1. The molecule has 0 radical (unpaired) electrons. The fourth-order valence-electron chi connectivity index (χ4n) is 2.15. The molecule has 1 saturated carbocycles. The van der Waals surface area contributed by atoms with E-state index in [9.17, 15) is 14.3 Å². The minimum atomic E-state index is -0.596. The first-order chi connectivity index (χ1) is 9.02. The fourth-order valence-corrected chi connectivity index (χ4v) is 2.15. The van der Waals surface area contributed by atoms with Crippen LogP contribution in [0.5, 0.6) is 5.75 Å². The first kappa shape index (κ1) is 13.8. The SMILES string of the molecule is CCOC1CC(N)C1NC(=O)c1ccc(F)cc1O. The molecule has 0 saturated heterocycles. The van der Waals surface area contributed by atoms with Crippen molar-refractivity contribution >= 4 is 5.91 Å². The van der Waals surface area contributed by atoms with Gasteiger partial charge in [-0.2, -0.15) is 0 Å². The van der Waals surface area contributed by atoms with E-state index in [4.69, 9.17) is 10.5 Å². The van der Waals surface area contributed by atoms with Crippen LogP contribution in [0.2, 0.25) is 0 Å². The van der Waals surface area contributed by atoms with E-state index in [-0.39, 0.29) is 23.8 Å². The van der Waals surface area contributed by atoms with Crippen LogP contribution in [-0.4, -0.2) is 35.8 Å². The molecule has 0 bridgehead atoms. The molecule has 2 rings (SSSR count). The van der Waals surface area contributed by atoms with Gasteiger partial charge in [0.25, 0.3) is 5.91 Å². The summed E-state index contributed by atoms with van der Waals surface area (Å²) < 4.78 is 18.3. The highest BCUT2D eigenvalue weighted by molar-refractivity contribution is 5.97. The van der Waals surface area contributed by atoms with Crippen LogP contribution in [0.4, 0.5) is 4.39 Å². The summed E-state index contributed by atoms with van der Waals surface area (Å²) in [4.78, 5) is 12.0. The van der Waals surface area contributed by atoms with Crippen molar-refractivity contribution in [2.45, 2.75) is 31.5 Å². The quantitative estimate of drug-likeness (QED) is 0.753. The van der Waals surface area contributed by atoms with Gasteiger partial charge in [-0.1, -0.05) is 0 Å². The average molecular weight is 268 g/mol. The maximum absolute atomic E-state index is 12.8. The number of phenols is 1. The van der Waals surface area contributed by atoms with E-state index in [1.54, 1.807) is 0 Å². The molecule has 0 spiro atoms. The van der Waals surface area contributed by atoms with E-state index in [0.29, 0.717) is 13.0 Å². The number of rotatable bonds is 4. The van der Waals surface area contributed by atoms with Gasteiger partial charge in [0.2, 0.25) is 0 Å². The Morgan fingerprint density at radius 2 is 2.37 bits per heavy atom. The van der Waals surface area contributed by atoms with Crippen molar-refractivity contribution in [2.75, 3.05) is 6.61 Å². The maximum atomic E-state index is 12.8. The minimum Gasteiger partial charge on any atom is -0.507 e. The largest absolute Gasteiger partial charge is 0.507 e. The Labute approximate surface area is 110 Å². The van der Waals surface area contributed by atoms with Crippen molar-refractivity contribution in [1.29, 1.82) is 0 Å². The number of amides is 1. The van der Waals surface area contributed by atoms with Crippen LogP contribution >= 0.6 is 0 Å². The molecular formula is C13H17FN2O3. The molecular weight excluding hydrogens is 251 g/mol. The van der Waals surface area contributed by atoms with E-state index in [0.717, 1.165) is 12.1 Å². The topological polar surface area (TPSA) is 84.6 Å². The predicted octanol–water partition coefficient (Wildman–Crippen LogP) is 0.766. The Morgan fingerprint density at radius 3 is 2.95 bits per heavy atom. The Hall–Kier alpha value is -1.66. The van der Waals surface area contributed by atoms with E-state index >= 15 is 0 Å². The first-order valence-corrected chi connectivity index (χ1v) is 6.19. The zero-order valence-corrected chi connectivity index (χ0v) is 10.6. The summed E-state index contributed by atoms with van der Waals surface area (Å²) in [6.07, 6.45) is 0.584. The fraction of sp³-hybridized carbons (Fsp3) is 0.462. The highest BCUT2D eigenvalue weighted by atomic mass is 19.1. The molecule has 1 amide bonds. The van der Waals surface area contributed by atoms with Crippen LogP contribution in [-0.2, 0) is 4.74 Å². The zero-order chi connectivity index (χ0) is 14.0. The molecule has 6 heteroatoms. The molecule has 1 aliphatic carbocycles. The van der Waals surface area contributed by atoms with Crippen molar-refractivity contribution in [3.63, 3.8) is 0 Å². The second-order valence-electron chi connectivity index (χ2n) is 4.55. The number of phenolic OH excluding ortho intramolecular Hbond substituents is 1. The molecule has 3 unspecified atom stereocenters. The van der Waals surface area contributed by atoms with Gasteiger partial charge in [-0.15, -0.1) is 0 Å². The number of halogens is 1. The highest BCUT2D eigenvalue weighted by Crippen LogP contribution is 2.24. The Bertz CT molecular complexity index is 479. The van der Waals surface area contributed by atoms with Gasteiger partial charge in [0.1, 0.15) is 11.6 Å². The Morgan fingerprint density at radius 1 is 1.63 bits per heavy atom. The summed E-state index contributed by atoms with van der Waals surface area (Å²) in [5, 5.41) is 12.2. The van der Waals surface area contributed by atoms with Crippen LogP contribution in [0.1, 0.15) is 23.7 Å². The molecule has 0 aliphatic heterocycles. The number of carbonyl (C=O) groups is 1. The van der Waals surface area contributed by atoms with E-state index in [1.807, 2.05) is 6.92 Å². The second kappa shape index (κ2) is 5.54. The van der Waals surface area contributed by atoms with Crippen LogP contribution in [0.3, 0.4) is 0 Å². The van der Waals surface area contributed by atoms with Crippen LogP contribution in [0.15, 0.2) is 18.2 Å². The third-order valence-electron chi connectivity index (χ3n) is 3.25. The molecule has 1 aromatic carbocycles. The summed E-state index contributed by atoms with van der Waals surface area (Å²) in [6.45, 7) is 2.42. The van der Waals surface area contributed by atoms with Crippen molar-refractivity contribution < 1.29 is 19.0 Å². The number of hydrogen-bond donors (Lipinski definition) is 3. The molecule has 0 aromatic heterocycles. The Kier molecular flexibility index (Phi) is 4.01. The summed E-state index contributed by atoms with van der Waals surface area (Å²) in [5.41, 5.74) is 5.84. The number of carbonyl (C=O) groups excluding carboxylic acids is 1. The average Bonchev–Trinajstić information content (AvgIpc) is 2.35. The molecule has 104 valence electrons. The normalized spacial score (nSPS) is 25.7. The maximum Gasteiger partial charge on any atom is 0.255 e. The molecule has 0 heterocycles. The van der Waals surface area contributed by atoms with Gasteiger partial charge in [0.05, 0.1) is 17.7 Å². The van der Waals surface area contributed by atoms with Crippen LogP contribution < -0.4 is 11.1 Å². The lowest BCUT2D eigenvalue weighted by Gasteiger charge is -2.42. The number of nitrogens with two attached hydrogens (primary N) is 1. The molecule has 1 aliphatic rings. The highest BCUT2D eigenvalue weighted by Gasteiger charge is 2.40. The van der Waals surface area contributed by atoms with Gasteiger partial charge in [0, 0.05) is 18.7 Å². The first-order valence-electron chi connectivity index (χ1n) is 6.19. The number of benzene rings is 1. The predicted molar refractivity (Wildman–Crippen MR) is 67.3 cm³/mol. The zero-order valence-electron chi connectivity index (χ0n) is 10.6. The monoisotopic (exact) mass is 268 g/mol. The summed E-state index contributed by atoms with van der Waals surface area (Å²) in [6, 6.07) is 2.81. The van der Waals surface area contributed by atoms with Crippen LogP contribution in [0, 0.1) is 5.82 Å². The van der Waals surface area contributed by atoms with Crippen molar-refractivity contribution in [1.82, 2.24) is 5.32 Å². The third kappa shape index (κ3) is 2.85. The molecule has 3 atom stereocenters. The second-order valence-corrected chi connectivity index (χ2v) is 4.55. The van der Waals surface area contributed by atoms with Gasteiger partial charge >= 0.3 is 0 Å². The number of ether oxygens (including phenoxy) is 1. The number of hydrogen-bond acceptors (Lipinski definition) is 4. The van der Waals surface area contributed by atoms with Gasteiger partial charge in [-0.05, 0) is 25.5 Å². The van der Waals surface area contributed by atoms with E-state index in [2.05, 4.69) is 5.32 Å². The molecule has 5 nitrogen and oxygen atoms in total. The Balaban J connectivity index is 2.04. The lowest BCUT2D eigenvalue weighted by atomic mass is 9.83. The lowest BCUT2D eigenvalue weighted by molar-refractivity contribution is -0.0300. The standard InChI is InChI=1S/C13H17FN2O3/c1-2-19-11-6-9(15)12(11)16-13(18)8-4-3-7(14)5-10(8)17/h3-5,9,11-12,17H,2,6,15H2,1H3,(H,16,18). The van der Waals surface area contributed by atoms with Crippen molar-refractivity contribution in [3.05, 3.63) is 29.6 Å². The van der Waals surface area contributed by atoms with Gasteiger partial charge in [-0.25, -0.2) is 4.39 Å². The molecule has 19 heavy (non-hydrogen) atoms. The van der Waals surface area contributed by atoms with Crippen molar-refractivity contribution in [3.8, 4) is 5.75 Å². The van der Waals surface area contributed by atoms with E-state index in [1.165, 1.54) is 6.07 Å². The van der Waals surface area contributed by atoms with Crippen LogP contribution in [0.25, 0.3) is 0 Å². The summed E-state index contributed by atoms with van der Waals surface area (Å²) in [7, 11) is 0. The van der Waals surface area contributed by atoms with Gasteiger partial charge in [0.15, 0.2) is 0 Å². The molecule has 4 N–H and O–H groups in total. The van der Waals surface area contributed by atoms with E-state index < -0.39 is 17.5 Å². The molecule has 1 aromatic rings. The minimum absolute atomic E-state index is 0.0238. The lowest BCUT2D eigenvalue weighted by Crippen LogP contribution is -2.64. The third-order valence-corrected chi connectivity index (χ3v) is 3.25. The summed E-state index contributed by atoms with van der Waals surface area (Å²) in [5.74, 6) is -1.47. The van der Waals surface area contributed by atoms with Gasteiger partial charge < -0.3 is 20.9 Å². The number of aromatic hydroxyl groups is 1. The summed E-state index contributed by atoms with van der Waals surface area (Å²) >= 11 is 0. The van der Waals surface area contributed by atoms with Gasteiger partial charge in [-0.3, -0.25) is 4.79 Å². The smallest absolute Gasteiger partial charge is 0.255 e. The molecule has 1 fully saturated rings. The van der Waals surface area contributed by atoms with Crippen molar-refractivity contribution in [2.24, 2.45) is 5.73 Å².